The third kappa shape index (κ3) is 5.51. The molecule has 50 heavy (non-hydrogen) atoms. The molecule has 1 aliphatic heterocycles. The molecule has 8 rings (SSSR count). The molecular formula is C44H63N3O3. The number of hydrogen-bond acceptors (Lipinski definition) is 4. The number of hydrogen-bond donors (Lipinski definition) is 2. The predicted molar refractivity (Wildman–Crippen MR) is 199 cm³/mol. The van der Waals surface area contributed by atoms with Gasteiger partial charge in [0.2, 0.25) is 0 Å². The normalized spacial score (nSPS) is 42.3. The van der Waals surface area contributed by atoms with E-state index in [0.29, 0.717) is 28.8 Å². The van der Waals surface area contributed by atoms with Crippen LogP contribution in [0.4, 0.5) is 4.79 Å². The summed E-state index contributed by atoms with van der Waals surface area (Å²) in [7, 11) is 0. The van der Waals surface area contributed by atoms with Gasteiger partial charge in [-0.1, -0.05) is 76.6 Å². The van der Waals surface area contributed by atoms with Crippen LogP contribution in [0.25, 0.3) is 0 Å². The average molecular weight is 682 g/mol. The Bertz CT molecular complexity index is 1520. The molecule has 2 N–H and O–H groups in total. The van der Waals surface area contributed by atoms with Crippen molar-refractivity contribution in [1.29, 1.82) is 0 Å². The molecular weight excluding hydrogens is 619 g/mol. The molecule has 0 spiro atoms. The van der Waals surface area contributed by atoms with Crippen LogP contribution >= 0.6 is 0 Å². The molecule has 1 heterocycles. The van der Waals surface area contributed by atoms with Gasteiger partial charge in [0.15, 0.2) is 0 Å². The van der Waals surface area contributed by atoms with Gasteiger partial charge in [-0.3, -0.25) is 4.79 Å². The Balaban J connectivity index is 0.942. The summed E-state index contributed by atoms with van der Waals surface area (Å²) in [6.45, 7) is 14.5. The van der Waals surface area contributed by atoms with E-state index in [1.165, 1.54) is 69.8 Å². The average Bonchev–Trinajstić information content (AvgIpc) is 3.74. The fourth-order valence-corrected chi connectivity index (χ4v) is 13.9. The Hall–Kier alpha value is -2.60. The second-order valence-corrected chi connectivity index (χ2v) is 18.5. The van der Waals surface area contributed by atoms with Crippen LogP contribution in [0.5, 0.6) is 0 Å². The van der Waals surface area contributed by atoms with Gasteiger partial charge in [0.25, 0.3) is 0 Å². The van der Waals surface area contributed by atoms with Crippen LogP contribution in [0, 0.1) is 51.8 Å². The molecule has 10 atom stereocenters. The minimum atomic E-state index is -0.0393. The zero-order valence-corrected chi connectivity index (χ0v) is 31.4. The van der Waals surface area contributed by atoms with Crippen molar-refractivity contribution >= 4 is 12.0 Å². The molecule has 5 fully saturated rings. The Morgan fingerprint density at radius 3 is 2.54 bits per heavy atom. The lowest BCUT2D eigenvalue weighted by Gasteiger charge is -2.71. The summed E-state index contributed by atoms with van der Waals surface area (Å²) in [6, 6.07) is 10.1. The second-order valence-electron chi connectivity index (χ2n) is 18.5. The molecule has 3 unspecified atom stereocenters. The number of benzene rings is 1. The topological polar surface area (TPSA) is 70.7 Å². The second kappa shape index (κ2) is 13.1. The van der Waals surface area contributed by atoms with Crippen LogP contribution in [0.15, 0.2) is 53.6 Å². The first-order valence-corrected chi connectivity index (χ1v) is 20.5. The number of nitrogens with one attached hydrogen (secondary N) is 2. The summed E-state index contributed by atoms with van der Waals surface area (Å²) in [6.07, 6.45) is 21.1. The van der Waals surface area contributed by atoms with Crippen LogP contribution < -0.4 is 10.6 Å². The van der Waals surface area contributed by atoms with E-state index < -0.39 is 0 Å². The van der Waals surface area contributed by atoms with E-state index in [1.54, 1.807) is 5.57 Å². The minimum absolute atomic E-state index is 0.0191. The molecule has 1 aromatic carbocycles. The zero-order chi connectivity index (χ0) is 34.7. The Kier molecular flexibility index (Phi) is 9.04. The number of urea groups is 1. The maximum absolute atomic E-state index is 12.9. The molecule has 6 heteroatoms. The monoisotopic (exact) mass is 681 g/mol. The van der Waals surface area contributed by atoms with Gasteiger partial charge in [-0.15, -0.1) is 0 Å². The van der Waals surface area contributed by atoms with Crippen LogP contribution in [0.1, 0.15) is 117 Å². The van der Waals surface area contributed by atoms with Gasteiger partial charge in [-0.05, 0) is 140 Å². The largest absolute Gasteiger partial charge is 0.461 e. The van der Waals surface area contributed by atoms with Gasteiger partial charge in [0, 0.05) is 31.7 Å². The van der Waals surface area contributed by atoms with Crippen molar-refractivity contribution in [2.75, 3.05) is 26.2 Å². The van der Waals surface area contributed by atoms with E-state index in [1.807, 2.05) is 35.2 Å². The van der Waals surface area contributed by atoms with Crippen LogP contribution in [-0.4, -0.2) is 48.6 Å². The molecule has 1 aromatic rings. The number of esters is 1. The number of rotatable bonds is 8. The molecule has 1 saturated heterocycles. The zero-order valence-electron chi connectivity index (χ0n) is 31.4. The molecule has 6 aliphatic carbocycles. The standard InChI is InChI=1S/C44H63N3O3/c1-30-34(32-12-14-33(15-13-32)39(48)50-29-31-9-6-5-7-10-31)18-21-41(2)35(30)19-22-43(4)38(41)17-16-36-37-11-8-20-44(37,24-23-42(36,43)3)46-26-28-47-27-25-45-40(47)49/h5-7,9-10,12,18,30,33,35-38,46H,8,11,13-17,19-29H2,1-4H3,(H,45,49)/t30?,33-,35?,36+,37+,38?,41-,42+,43+,44-/m0/s1. The smallest absolute Gasteiger partial charge is 0.317 e. The summed E-state index contributed by atoms with van der Waals surface area (Å²) in [5.74, 6) is 3.59. The van der Waals surface area contributed by atoms with E-state index in [0.717, 1.165) is 74.7 Å². The van der Waals surface area contributed by atoms with Crippen LogP contribution in [0.2, 0.25) is 0 Å². The number of carbonyl (C=O) groups is 2. The van der Waals surface area contributed by atoms with Crippen molar-refractivity contribution in [2.45, 2.75) is 123 Å². The molecule has 0 aromatic heterocycles. The summed E-state index contributed by atoms with van der Waals surface area (Å²) in [5.41, 5.74) is 5.55. The first-order valence-electron chi connectivity index (χ1n) is 20.5. The summed E-state index contributed by atoms with van der Waals surface area (Å²) in [4.78, 5) is 27.1. The summed E-state index contributed by atoms with van der Waals surface area (Å²) >= 11 is 0. The molecule has 7 aliphatic rings. The van der Waals surface area contributed by atoms with Crippen molar-refractivity contribution in [1.82, 2.24) is 15.5 Å². The van der Waals surface area contributed by atoms with Crippen molar-refractivity contribution in [2.24, 2.45) is 51.8 Å². The van der Waals surface area contributed by atoms with Crippen molar-refractivity contribution in [3.8, 4) is 0 Å². The van der Waals surface area contributed by atoms with Gasteiger partial charge in [-0.2, -0.15) is 0 Å². The first-order chi connectivity index (χ1) is 24.1. The quantitative estimate of drug-likeness (QED) is 0.269. The lowest BCUT2D eigenvalue weighted by molar-refractivity contribution is -0.212. The maximum atomic E-state index is 12.9. The number of ether oxygens (including phenoxy) is 1. The number of carbonyl (C=O) groups excluding carboxylic acids is 2. The Labute approximate surface area is 301 Å². The molecule has 272 valence electrons. The third-order valence-electron chi connectivity index (χ3n) is 16.7. The molecule has 0 radical (unpaired) electrons. The third-order valence-corrected chi connectivity index (χ3v) is 16.7. The summed E-state index contributed by atoms with van der Waals surface area (Å²) < 4.78 is 5.73. The molecule has 0 bridgehead atoms. The SMILES string of the molecule is CC1C(C2=CC[C@H](C(=O)OCc3ccccc3)CC2)=CC[C@@]2(C)C1CC[C@]1(C)C2CC[C@@H]2[C@H]3CCC[C@]3(NCCN3CCNC3=O)CC[C@]21C. The highest BCUT2D eigenvalue weighted by molar-refractivity contribution is 5.76. The van der Waals surface area contributed by atoms with Crippen molar-refractivity contribution in [3.05, 3.63) is 59.2 Å². The van der Waals surface area contributed by atoms with Gasteiger partial charge in [0.05, 0.1) is 5.92 Å². The van der Waals surface area contributed by atoms with Crippen molar-refractivity contribution in [3.63, 3.8) is 0 Å². The molecule has 4 saturated carbocycles. The van der Waals surface area contributed by atoms with E-state index in [-0.39, 0.29) is 23.5 Å². The Morgan fingerprint density at radius 1 is 0.940 bits per heavy atom. The number of nitrogens with zero attached hydrogens (tertiary/aromatic N) is 1. The lowest BCUT2D eigenvalue weighted by Crippen LogP contribution is -2.67. The fourth-order valence-electron chi connectivity index (χ4n) is 13.9. The molecule has 6 nitrogen and oxygen atoms in total. The van der Waals surface area contributed by atoms with Gasteiger partial charge in [0.1, 0.15) is 6.61 Å². The number of fused-ring (bicyclic) bond motifs is 7. The van der Waals surface area contributed by atoms with E-state index in [2.05, 4.69) is 50.5 Å². The maximum Gasteiger partial charge on any atom is 0.317 e. The summed E-state index contributed by atoms with van der Waals surface area (Å²) in [5, 5.41) is 7.11. The van der Waals surface area contributed by atoms with E-state index in [9.17, 15) is 9.59 Å². The fraction of sp³-hybridized carbons (Fsp3) is 0.727. The van der Waals surface area contributed by atoms with Crippen LogP contribution in [-0.2, 0) is 16.1 Å². The molecule has 2 amide bonds. The lowest BCUT2D eigenvalue weighted by atomic mass is 9.34. The Morgan fingerprint density at radius 2 is 1.78 bits per heavy atom. The number of amides is 2. The number of allylic oxidation sites excluding steroid dienone is 4. The van der Waals surface area contributed by atoms with Gasteiger partial charge < -0.3 is 20.3 Å². The van der Waals surface area contributed by atoms with Crippen molar-refractivity contribution < 1.29 is 14.3 Å². The predicted octanol–water partition coefficient (Wildman–Crippen LogP) is 8.83. The first kappa shape index (κ1) is 34.5. The van der Waals surface area contributed by atoms with Crippen LogP contribution in [0.3, 0.4) is 0 Å². The minimum Gasteiger partial charge on any atom is -0.461 e. The highest BCUT2D eigenvalue weighted by Crippen LogP contribution is 2.75. The van der Waals surface area contributed by atoms with E-state index in [4.69, 9.17) is 4.74 Å². The highest BCUT2D eigenvalue weighted by Gasteiger charge is 2.68. The van der Waals surface area contributed by atoms with E-state index >= 15 is 0 Å². The highest BCUT2D eigenvalue weighted by atomic mass is 16.5. The van der Waals surface area contributed by atoms with Gasteiger partial charge >= 0.3 is 12.0 Å². The van der Waals surface area contributed by atoms with Gasteiger partial charge in [-0.25, -0.2) is 4.79 Å².